The number of hydrogen-bond donors (Lipinski definition) is 1. The van der Waals surface area contributed by atoms with Gasteiger partial charge in [0.15, 0.2) is 9.84 Å². The van der Waals surface area contributed by atoms with Crippen molar-refractivity contribution < 1.29 is 17.9 Å². The van der Waals surface area contributed by atoms with Gasteiger partial charge >= 0.3 is 5.63 Å². The van der Waals surface area contributed by atoms with Crippen molar-refractivity contribution in [1.29, 1.82) is 0 Å². The van der Waals surface area contributed by atoms with E-state index in [9.17, 15) is 18.3 Å². The molecule has 0 saturated heterocycles. The molecule has 0 amide bonds. The Bertz CT molecular complexity index is 988. The molecule has 1 aromatic heterocycles. The van der Waals surface area contributed by atoms with Crippen LogP contribution in [-0.2, 0) is 15.6 Å². The first-order valence-corrected chi connectivity index (χ1v) is 8.16. The average Bonchev–Trinajstić information content (AvgIpc) is 2.52. The van der Waals surface area contributed by atoms with Crippen LogP contribution < -0.4 is 5.63 Å². The highest BCUT2D eigenvalue weighted by Crippen LogP contribution is 2.28. The molecular weight excluding hydrogens is 304 g/mol. The van der Waals surface area contributed by atoms with Gasteiger partial charge < -0.3 is 9.52 Å². The Morgan fingerprint density at radius 3 is 2.32 bits per heavy atom. The predicted molar refractivity (Wildman–Crippen MR) is 81.5 cm³/mol. The first-order chi connectivity index (χ1) is 10.5. The number of aromatic hydroxyl groups is 1. The van der Waals surface area contributed by atoms with Gasteiger partial charge in [-0.15, -0.1) is 0 Å². The molecule has 112 valence electrons. The van der Waals surface area contributed by atoms with Gasteiger partial charge in [0.2, 0.25) is 0 Å². The van der Waals surface area contributed by atoms with Crippen molar-refractivity contribution in [3.8, 4) is 5.75 Å². The molecule has 3 aromatic rings. The highest BCUT2D eigenvalue weighted by Gasteiger charge is 2.22. The highest BCUT2D eigenvalue weighted by atomic mass is 32.2. The van der Waals surface area contributed by atoms with Crippen molar-refractivity contribution >= 4 is 20.8 Å². The second kappa shape index (κ2) is 5.31. The van der Waals surface area contributed by atoms with Gasteiger partial charge in [0.1, 0.15) is 11.3 Å². The number of benzene rings is 2. The Labute approximate surface area is 126 Å². The van der Waals surface area contributed by atoms with Gasteiger partial charge in [-0.3, -0.25) is 0 Å². The van der Waals surface area contributed by atoms with E-state index < -0.39 is 21.2 Å². The quantitative estimate of drug-likeness (QED) is 0.750. The van der Waals surface area contributed by atoms with Gasteiger partial charge in [0.25, 0.3) is 0 Å². The molecule has 22 heavy (non-hydrogen) atoms. The third-order valence-electron chi connectivity index (χ3n) is 3.31. The normalized spacial score (nSPS) is 11.6. The number of hydrogen-bond acceptors (Lipinski definition) is 5. The third-order valence-corrected chi connectivity index (χ3v) is 4.97. The second-order valence-electron chi connectivity index (χ2n) is 4.78. The zero-order chi connectivity index (χ0) is 15.7. The number of para-hydroxylation sites is 1. The van der Waals surface area contributed by atoms with Crippen LogP contribution >= 0.6 is 0 Å². The first-order valence-electron chi connectivity index (χ1n) is 6.50. The van der Waals surface area contributed by atoms with Gasteiger partial charge in [0.05, 0.1) is 21.6 Å². The van der Waals surface area contributed by atoms with Crippen molar-refractivity contribution in [2.24, 2.45) is 0 Å². The van der Waals surface area contributed by atoms with Crippen molar-refractivity contribution in [3.63, 3.8) is 0 Å². The molecule has 0 fully saturated rings. The smallest absolute Gasteiger partial charge is 0.344 e. The molecule has 0 spiro atoms. The summed E-state index contributed by atoms with van der Waals surface area (Å²) in [6.45, 7) is 0. The van der Waals surface area contributed by atoms with Crippen molar-refractivity contribution in [2.75, 3.05) is 0 Å². The van der Waals surface area contributed by atoms with Crippen LogP contribution in [0.1, 0.15) is 5.56 Å². The summed E-state index contributed by atoms with van der Waals surface area (Å²) in [6.07, 6.45) is 0. The zero-order valence-corrected chi connectivity index (χ0v) is 12.2. The van der Waals surface area contributed by atoms with Gasteiger partial charge in [-0.1, -0.05) is 30.3 Å². The molecule has 5 nitrogen and oxygen atoms in total. The van der Waals surface area contributed by atoms with Gasteiger partial charge in [-0.2, -0.15) is 0 Å². The fraction of sp³-hybridized carbons (Fsp3) is 0.0625. The molecule has 0 saturated carbocycles. The maximum absolute atomic E-state index is 12.4. The van der Waals surface area contributed by atoms with Crippen LogP contribution in [0.25, 0.3) is 11.0 Å². The van der Waals surface area contributed by atoms with Crippen LogP contribution in [0, 0.1) is 0 Å². The fourth-order valence-corrected chi connectivity index (χ4v) is 3.57. The summed E-state index contributed by atoms with van der Waals surface area (Å²) >= 11 is 0. The van der Waals surface area contributed by atoms with E-state index in [-0.39, 0.29) is 21.8 Å². The zero-order valence-electron chi connectivity index (χ0n) is 11.4. The van der Waals surface area contributed by atoms with Crippen LogP contribution in [0.5, 0.6) is 5.75 Å². The monoisotopic (exact) mass is 316 g/mol. The molecule has 0 aliphatic rings. The summed E-state index contributed by atoms with van der Waals surface area (Å²) < 4.78 is 29.8. The molecule has 0 radical (unpaired) electrons. The summed E-state index contributed by atoms with van der Waals surface area (Å²) in [6, 6.07) is 14.2. The van der Waals surface area contributed by atoms with Crippen LogP contribution in [0.15, 0.2) is 68.7 Å². The SMILES string of the molecule is O=c1oc2ccccc2c(O)c1CS(=O)(=O)c1ccccc1. The van der Waals surface area contributed by atoms with E-state index >= 15 is 0 Å². The van der Waals surface area contributed by atoms with E-state index in [4.69, 9.17) is 4.42 Å². The topological polar surface area (TPSA) is 84.6 Å². The Hall–Kier alpha value is -2.60. The Kier molecular flexibility index (Phi) is 3.46. The Balaban J connectivity index is 2.14. The fourth-order valence-electron chi connectivity index (χ4n) is 2.20. The lowest BCUT2D eigenvalue weighted by Crippen LogP contribution is -2.14. The van der Waals surface area contributed by atoms with E-state index in [1.807, 2.05) is 0 Å². The highest BCUT2D eigenvalue weighted by molar-refractivity contribution is 7.90. The van der Waals surface area contributed by atoms with Crippen LogP contribution in [-0.4, -0.2) is 13.5 Å². The Morgan fingerprint density at radius 1 is 0.955 bits per heavy atom. The van der Waals surface area contributed by atoms with E-state index in [1.54, 1.807) is 36.4 Å². The lowest BCUT2D eigenvalue weighted by Gasteiger charge is -2.07. The summed E-state index contributed by atoms with van der Waals surface area (Å²) in [5.74, 6) is -0.970. The molecule has 0 atom stereocenters. The number of rotatable bonds is 3. The summed E-state index contributed by atoms with van der Waals surface area (Å²) in [5, 5.41) is 10.5. The van der Waals surface area contributed by atoms with E-state index in [0.29, 0.717) is 5.39 Å². The number of fused-ring (bicyclic) bond motifs is 1. The van der Waals surface area contributed by atoms with E-state index in [2.05, 4.69) is 0 Å². The molecule has 1 N–H and O–H groups in total. The maximum Gasteiger partial charge on any atom is 0.344 e. The minimum Gasteiger partial charge on any atom is -0.507 e. The summed E-state index contributed by atoms with van der Waals surface area (Å²) in [7, 11) is -3.75. The summed E-state index contributed by atoms with van der Waals surface area (Å²) in [4.78, 5) is 12.1. The lowest BCUT2D eigenvalue weighted by molar-refractivity contribution is 0.459. The minimum absolute atomic E-state index is 0.0851. The van der Waals surface area contributed by atoms with Crippen LogP contribution in [0.2, 0.25) is 0 Å². The van der Waals surface area contributed by atoms with Crippen molar-refractivity contribution in [3.05, 3.63) is 70.6 Å². The largest absolute Gasteiger partial charge is 0.507 e. The van der Waals surface area contributed by atoms with Crippen molar-refractivity contribution in [1.82, 2.24) is 0 Å². The van der Waals surface area contributed by atoms with Crippen LogP contribution in [0.3, 0.4) is 0 Å². The Morgan fingerprint density at radius 2 is 1.59 bits per heavy atom. The van der Waals surface area contributed by atoms with Gasteiger partial charge in [-0.05, 0) is 24.3 Å². The standard InChI is InChI=1S/C16H12O5S/c17-15-12-8-4-5-9-14(12)21-16(18)13(15)10-22(19,20)11-6-2-1-3-7-11/h1-9,17H,10H2. The van der Waals surface area contributed by atoms with E-state index in [1.165, 1.54) is 18.2 Å². The van der Waals surface area contributed by atoms with Crippen molar-refractivity contribution in [2.45, 2.75) is 10.6 Å². The first kappa shape index (κ1) is 14.3. The lowest BCUT2D eigenvalue weighted by atomic mass is 10.2. The average molecular weight is 316 g/mol. The molecule has 3 rings (SSSR count). The molecule has 1 heterocycles. The van der Waals surface area contributed by atoms with Gasteiger partial charge in [-0.25, -0.2) is 13.2 Å². The third kappa shape index (κ3) is 2.48. The summed E-state index contributed by atoms with van der Waals surface area (Å²) in [5.41, 5.74) is -0.899. The van der Waals surface area contributed by atoms with Gasteiger partial charge in [0, 0.05) is 0 Å². The molecule has 0 unspecified atom stereocenters. The molecule has 0 aliphatic carbocycles. The number of sulfone groups is 1. The van der Waals surface area contributed by atoms with Crippen LogP contribution in [0.4, 0.5) is 0 Å². The molecule has 2 aromatic carbocycles. The predicted octanol–water partition coefficient (Wildman–Crippen LogP) is 2.47. The molecule has 0 aliphatic heterocycles. The molecule has 0 bridgehead atoms. The van der Waals surface area contributed by atoms with E-state index in [0.717, 1.165) is 0 Å². The maximum atomic E-state index is 12.4. The molecular formula is C16H12O5S. The molecule has 6 heteroatoms. The minimum atomic E-state index is -3.75. The second-order valence-corrected chi connectivity index (χ2v) is 6.77.